The topological polar surface area (TPSA) is 75.4 Å². The van der Waals surface area contributed by atoms with E-state index in [9.17, 15) is 9.59 Å². The molecule has 19 heavy (non-hydrogen) atoms. The Morgan fingerprint density at radius 2 is 2.21 bits per heavy atom. The van der Waals surface area contributed by atoms with Gasteiger partial charge in [0.2, 0.25) is 0 Å². The lowest BCUT2D eigenvalue weighted by Gasteiger charge is -2.34. The third-order valence-corrected chi connectivity index (χ3v) is 3.54. The zero-order valence-electron chi connectivity index (χ0n) is 11.3. The molecule has 0 aliphatic carbocycles. The predicted molar refractivity (Wildman–Crippen MR) is 68.9 cm³/mol. The molecular weight excluding hydrogens is 246 g/mol. The van der Waals surface area contributed by atoms with Gasteiger partial charge in [-0.25, -0.2) is 0 Å². The Hall–Kier alpha value is -1.85. The van der Waals surface area contributed by atoms with Gasteiger partial charge in [0.15, 0.2) is 0 Å². The van der Waals surface area contributed by atoms with Crippen molar-refractivity contribution < 1.29 is 14.7 Å². The maximum Gasteiger partial charge on any atom is 0.305 e. The van der Waals surface area contributed by atoms with Gasteiger partial charge in [0.25, 0.3) is 5.91 Å². The number of aromatic nitrogens is 2. The quantitative estimate of drug-likeness (QED) is 0.891. The van der Waals surface area contributed by atoms with Crippen molar-refractivity contribution in [1.29, 1.82) is 0 Å². The van der Waals surface area contributed by atoms with Gasteiger partial charge in [-0.05, 0) is 26.2 Å². The number of nitrogens with zero attached hydrogens (tertiary/aromatic N) is 3. The average molecular weight is 265 g/mol. The molecule has 1 unspecified atom stereocenters. The Kier molecular flexibility index (Phi) is 3.87. The lowest BCUT2D eigenvalue weighted by Crippen LogP contribution is -2.44. The van der Waals surface area contributed by atoms with Crippen LogP contribution in [0.5, 0.6) is 0 Å². The summed E-state index contributed by atoms with van der Waals surface area (Å²) in [5, 5.41) is 13.1. The van der Waals surface area contributed by atoms with Crippen LogP contribution in [0.3, 0.4) is 0 Å². The van der Waals surface area contributed by atoms with Crippen molar-refractivity contribution in [2.24, 2.45) is 7.05 Å². The number of aliphatic carboxylic acids is 1. The smallest absolute Gasteiger partial charge is 0.305 e. The molecule has 0 radical (unpaired) electrons. The van der Waals surface area contributed by atoms with Crippen LogP contribution in [-0.4, -0.2) is 44.3 Å². The number of hydrogen-bond donors (Lipinski definition) is 1. The van der Waals surface area contributed by atoms with Gasteiger partial charge in [0.05, 0.1) is 17.7 Å². The number of piperidine rings is 1. The third kappa shape index (κ3) is 2.94. The maximum atomic E-state index is 12.5. The number of rotatable bonds is 3. The van der Waals surface area contributed by atoms with Gasteiger partial charge >= 0.3 is 5.97 Å². The highest BCUT2D eigenvalue weighted by molar-refractivity contribution is 5.95. The van der Waals surface area contributed by atoms with Crippen LogP contribution in [0.25, 0.3) is 0 Å². The van der Waals surface area contributed by atoms with E-state index in [1.54, 1.807) is 29.7 Å². The van der Waals surface area contributed by atoms with Crippen LogP contribution in [0.15, 0.2) is 6.20 Å². The molecule has 104 valence electrons. The van der Waals surface area contributed by atoms with E-state index in [2.05, 4.69) is 5.10 Å². The molecule has 2 rings (SSSR count). The number of hydrogen-bond acceptors (Lipinski definition) is 3. The lowest BCUT2D eigenvalue weighted by atomic mass is 9.98. The van der Waals surface area contributed by atoms with E-state index in [1.807, 2.05) is 0 Å². The fraction of sp³-hybridized carbons (Fsp3) is 0.615. The van der Waals surface area contributed by atoms with Crippen LogP contribution in [0.1, 0.15) is 41.7 Å². The minimum Gasteiger partial charge on any atom is -0.481 e. The summed E-state index contributed by atoms with van der Waals surface area (Å²) in [5.74, 6) is -0.954. The first-order valence-electron chi connectivity index (χ1n) is 6.52. The average Bonchev–Trinajstić information content (AvgIpc) is 2.67. The fourth-order valence-corrected chi connectivity index (χ4v) is 2.65. The van der Waals surface area contributed by atoms with Gasteiger partial charge < -0.3 is 10.0 Å². The monoisotopic (exact) mass is 265 g/mol. The van der Waals surface area contributed by atoms with E-state index in [4.69, 9.17) is 5.11 Å². The van der Waals surface area contributed by atoms with Gasteiger partial charge in [0, 0.05) is 25.8 Å². The zero-order chi connectivity index (χ0) is 14.0. The van der Waals surface area contributed by atoms with Crippen molar-refractivity contribution in [3.05, 3.63) is 17.5 Å². The van der Waals surface area contributed by atoms with Crippen LogP contribution in [0.2, 0.25) is 0 Å². The van der Waals surface area contributed by atoms with E-state index in [0.717, 1.165) is 19.3 Å². The van der Waals surface area contributed by atoms with Crippen LogP contribution in [0, 0.1) is 6.92 Å². The fourth-order valence-electron chi connectivity index (χ4n) is 2.65. The normalized spacial score (nSPS) is 19.5. The molecule has 6 heteroatoms. The van der Waals surface area contributed by atoms with Gasteiger partial charge in [-0.1, -0.05) is 0 Å². The molecule has 1 aliphatic rings. The van der Waals surface area contributed by atoms with Crippen molar-refractivity contribution in [1.82, 2.24) is 14.7 Å². The second kappa shape index (κ2) is 5.42. The van der Waals surface area contributed by atoms with E-state index in [-0.39, 0.29) is 18.4 Å². The molecule has 1 saturated heterocycles. The Labute approximate surface area is 112 Å². The highest BCUT2D eigenvalue weighted by atomic mass is 16.4. The van der Waals surface area contributed by atoms with Crippen LogP contribution in [0.4, 0.5) is 0 Å². The van der Waals surface area contributed by atoms with Crippen molar-refractivity contribution in [3.63, 3.8) is 0 Å². The van der Waals surface area contributed by atoms with Crippen molar-refractivity contribution >= 4 is 11.9 Å². The van der Waals surface area contributed by atoms with E-state index < -0.39 is 5.97 Å². The number of carboxylic acids is 1. The maximum absolute atomic E-state index is 12.5. The molecule has 1 aromatic rings. The first-order chi connectivity index (χ1) is 8.99. The lowest BCUT2D eigenvalue weighted by molar-refractivity contribution is -0.138. The van der Waals surface area contributed by atoms with Gasteiger partial charge in [-0.3, -0.25) is 14.3 Å². The molecule has 1 N–H and O–H groups in total. The summed E-state index contributed by atoms with van der Waals surface area (Å²) in [6, 6.07) is -0.196. The molecule has 6 nitrogen and oxygen atoms in total. The number of likely N-dealkylation sites (tertiary alicyclic amines) is 1. The van der Waals surface area contributed by atoms with Gasteiger partial charge in [-0.15, -0.1) is 0 Å². The number of carboxylic acid groups (broad SMARTS) is 1. The summed E-state index contributed by atoms with van der Waals surface area (Å²) in [7, 11) is 1.77. The second-order valence-corrected chi connectivity index (χ2v) is 5.05. The summed E-state index contributed by atoms with van der Waals surface area (Å²) in [6.45, 7) is 2.43. The summed E-state index contributed by atoms with van der Waals surface area (Å²) in [6.07, 6.45) is 4.39. The Bertz CT molecular complexity index is 495. The highest BCUT2D eigenvalue weighted by Crippen LogP contribution is 2.22. The Balaban J connectivity index is 2.19. The summed E-state index contributed by atoms with van der Waals surface area (Å²) < 4.78 is 1.61. The predicted octanol–water partition coefficient (Wildman–Crippen LogP) is 1.20. The minimum atomic E-state index is -0.854. The molecule has 0 saturated carbocycles. The van der Waals surface area contributed by atoms with Crippen molar-refractivity contribution in [2.75, 3.05) is 6.54 Å². The highest BCUT2D eigenvalue weighted by Gasteiger charge is 2.30. The first-order valence-corrected chi connectivity index (χ1v) is 6.52. The van der Waals surface area contributed by atoms with E-state index in [0.29, 0.717) is 17.8 Å². The van der Waals surface area contributed by atoms with Gasteiger partial charge in [0.1, 0.15) is 0 Å². The Morgan fingerprint density at radius 3 is 2.79 bits per heavy atom. The molecule has 1 atom stereocenters. The molecule has 1 fully saturated rings. The SMILES string of the molecule is Cc1nn(C)cc1C(=O)N1CCCCC1CC(=O)O. The standard InChI is InChI=1S/C13H19N3O3/c1-9-11(8-15(2)14-9)13(19)16-6-4-3-5-10(16)7-12(17)18/h8,10H,3-7H2,1-2H3,(H,17,18). The summed E-state index contributed by atoms with van der Waals surface area (Å²) >= 11 is 0. The largest absolute Gasteiger partial charge is 0.481 e. The third-order valence-electron chi connectivity index (χ3n) is 3.54. The summed E-state index contributed by atoms with van der Waals surface area (Å²) in [5.41, 5.74) is 1.26. The van der Waals surface area contributed by atoms with Crippen LogP contribution in [-0.2, 0) is 11.8 Å². The number of aryl methyl sites for hydroxylation is 2. The van der Waals surface area contributed by atoms with Crippen LogP contribution >= 0.6 is 0 Å². The van der Waals surface area contributed by atoms with Crippen molar-refractivity contribution in [2.45, 2.75) is 38.6 Å². The molecule has 0 spiro atoms. The minimum absolute atomic E-state index is 0.0189. The molecule has 0 aromatic carbocycles. The summed E-state index contributed by atoms with van der Waals surface area (Å²) in [4.78, 5) is 25.1. The number of amides is 1. The van der Waals surface area contributed by atoms with Gasteiger partial charge in [-0.2, -0.15) is 5.10 Å². The zero-order valence-corrected chi connectivity index (χ0v) is 11.3. The molecule has 1 aromatic heterocycles. The molecular formula is C13H19N3O3. The number of carbonyl (C=O) groups is 2. The van der Waals surface area contributed by atoms with E-state index >= 15 is 0 Å². The van der Waals surface area contributed by atoms with Crippen LogP contribution < -0.4 is 0 Å². The first kappa shape index (κ1) is 13.6. The molecule has 1 amide bonds. The second-order valence-electron chi connectivity index (χ2n) is 5.05. The molecule has 2 heterocycles. The molecule has 0 bridgehead atoms. The molecule has 1 aliphatic heterocycles. The van der Waals surface area contributed by atoms with Crippen molar-refractivity contribution in [3.8, 4) is 0 Å². The van der Waals surface area contributed by atoms with E-state index in [1.165, 1.54) is 0 Å². The number of carbonyl (C=O) groups excluding carboxylic acids is 1. The Morgan fingerprint density at radius 1 is 1.47 bits per heavy atom.